The maximum absolute atomic E-state index is 10.0. The second-order valence-electron chi connectivity index (χ2n) is 6.42. The first-order valence-electron chi connectivity index (χ1n) is 7.85. The van der Waals surface area contributed by atoms with Crippen LogP contribution in [0, 0.1) is 5.92 Å². The normalized spacial score (nSPS) is 21.8. The van der Waals surface area contributed by atoms with Gasteiger partial charge in [0.25, 0.3) is 0 Å². The summed E-state index contributed by atoms with van der Waals surface area (Å²) in [5, 5.41) is 14.2. The van der Waals surface area contributed by atoms with Gasteiger partial charge in [0.05, 0.1) is 17.9 Å². The summed E-state index contributed by atoms with van der Waals surface area (Å²) in [4.78, 5) is 4.59. The standard InChI is InChI=1S/C17H20N2O2/c20-14(12-7-8-12)11-15-18-16(19-21-15)17(9-4-10-17)13-5-2-1-3-6-13/h1-3,5-6,12,14,20H,4,7-11H2. The molecular weight excluding hydrogens is 264 g/mol. The lowest BCUT2D eigenvalue weighted by molar-refractivity contribution is 0.140. The summed E-state index contributed by atoms with van der Waals surface area (Å²) in [6.45, 7) is 0. The molecule has 0 radical (unpaired) electrons. The van der Waals surface area contributed by atoms with Crippen LogP contribution in [0.2, 0.25) is 0 Å². The molecule has 2 aromatic rings. The van der Waals surface area contributed by atoms with E-state index in [1.165, 1.54) is 12.0 Å². The van der Waals surface area contributed by atoms with Gasteiger partial charge in [0.15, 0.2) is 5.82 Å². The van der Waals surface area contributed by atoms with Gasteiger partial charge >= 0.3 is 0 Å². The fourth-order valence-electron chi connectivity index (χ4n) is 3.29. The Balaban J connectivity index is 1.58. The average Bonchev–Trinajstić information content (AvgIpc) is 3.21. The lowest BCUT2D eigenvalue weighted by Gasteiger charge is -2.39. The zero-order valence-corrected chi connectivity index (χ0v) is 12.0. The van der Waals surface area contributed by atoms with Gasteiger partial charge in [-0.15, -0.1) is 0 Å². The first-order chi connectivity index (χ1) is 10.3. The predicted molar refractivity (Wildman–Crippen MR) is 77.8 cm³/mol. The zero-order valence-electron chi connectivity index (χ0n) is 12.0. The Kier molecular flexibility index (Phi) is 3.07. The fourth-order valence-corrected chi connectivity index (χ4v) is 3.29. The Morgan fingerprint density at radius 2 is 2.00 bits per heavy atom. The molecule has 4 heteroatoms. The molecule has 1 atom stereocenters. The molecule has 2 aliphatic rings. The Labute approximate surface area is 124 Å². The van der Waals surface area contributed by atoms with E-state index in [2.05, 4.69) is 34.4 Å². The van der Waals surface area contributed by atoms with E-state index < -0.39 is 0 Å². The largest absolute Gasteiger partial charge is 0.392 e. The maximum atomic E-state index is 10.0. The molecule has 0 spiro atoms. The van der Waals surface area contributed by atoms with Crippen LogP contribution in [-0.2, 0) is 11.8 Å². The first kappa shape index (κ1) is 13.0. The molecule has 1 aromatic heterocycles. The summed E-state index contributed by atoms with van der Waals surface area (Å²) < 4.78 is 5.40. The van der Waals surface area contributed by atoms with Gasteiger partial charge in [-0.25, -0.2) is 0 Å². The van der Waals surface area contributed by atoms with E-state index in [1.807, 2.05) is 6.07 Å². The van der Waals surface area contributed by atoms with Crippen LogP contribution in [0.1, 0.15) is 49.4 Å². The summed E-state index contributed by atoms with van der Waals surface area (Å²) in [6, 6.07) is 10.5. The highest BCUT2D eigenvalue weighted by atomic mass is 16.5. The molecule has 0 amide bonds. The molecule has 1 heterocycles. The lowest BCUT2D eigenvalue weighted by Crippen LogP contribution is -2.36. The molecule has 1 aromatic carbocycles. The molecule has 4 nitrogen and oxygen atoms in total. The number of aliphatic hydroxyl groups excluding tert-OH is 1. The van der Waals surface area contributed by atoms with Crippen LogP contribution >= 0.6 is 0 Å². The van der Waals surface area contributed by atoms with E-state index in [-0.39, 0.29) is 11.5 Å². The molecule has 2 fully saturated rings. The molecular formula is C17H20N2O2. The molecule has 110 valence electrons. The predicted octanol–water partition coefficient (Wildman–Crippen LogP) is 2.85. The number of hydrogen-bond acceptors (Lipinski definition) is 4. The van der Waals surface area contributed by atoms with Gasteiger partial charge in [-0.05, 0) is 37.2 Å². The minimum atomic E-state index is -0.327. The van der Waals surface area contributed by atoms with E-state index in [9.17, 15) is 5.11 Å². The van der Waals surface area contributed by atoms with Gasteiger partial charge in [-0.2, -0.15) is 4.98 Å². The van der Waals surface area contributed by atoms with E-state index >= 15 is 0 Å². The monoisotopic (exact) mass is 284 g/mol. The summed E-state index contributed by atoms with van der Waals surface area (Å²) in [7, 11) is 0. The minimum absolute atomic E-state index is 0.0759. The van der Waals surface area contributed by atoms with Gasteiger partial charge in [0.2, 0.25) is 5.89 Å². The Morgan fingerprint density at radius 1 is 1.24 bits per heavy atom. The van der Waals surface area contributed by atoms with Crippen molar-refractivity contribution in [2.75, 3.05) is 0 Å². The van der Waals surface area contributed by atoms with Crippen molar-refractivity contribution in [3.63, 3.8) is 0 Å². The van der Waals surface area contributed by atoms with Gasteiger partial charge < -0.3 is 9.63 Å². The van der Waals surface area contributed by atoms with Crippen molar-refractivity contribution in [1.82, 2.24) is 10.1 Å². The van der Waals surface area contributed by atoms with Crippen molar-refractivity contribution in [2.24, 2.45) is 5.92 Å². The maximum Gasteiger partial charge on any atom is 0.229 e. The van der Waals surface area contributed by atoms with Crippen LogP contribution in [0.15, 0.2) is 34.9 Å². The number of aliphatic hydroxyl groups is 1. The third kappa shape index (κ3) is 2.27. The van der Waals surface area contributed by atoms with Crippen molar-refractivity contribution in [1.29, 1.82) is 0 Å². The van der Waals surface area contributed by atoms with E-state index in [4.69, 9.17) is 4.52 Å². The summed E-state index contributed by atoms with van der Waals surface area (Å²) in [5.41, 5.74) is 1.19. The van der Waals surface area contributed by atoms with Crippen molar-refractivity contribution in [2.45, 2.75) is 50.0 Å². The second-order valence-corrected chi connectivity index (χ2v) is 6.42. The first-order valence-corrected chi connectivity index (χ1v) is 7.85. The summed E-state index contributed by atoms with van der Waals surface area (Å²) in [6.07, 6.45) is 5.74. The second kappa shape index (κ2) is 4.95. The van der Waals surface area contributed by atoms with Crippen LogP contribution in [0.3, 0.4) is 0 Å². The molecule has 0 aliphatic heterocycles. The van der Waals surface area contributed by atoms with Crippen LogP contribution in [0.25, 0.3) is 0 Å². The Morgan fingerprint density at radius 3 is 2.62 bits per heavy atom. The third-order valence-corrected chi connectivity index (χ3v) is 4.98. The van der Waals surface area contributed by atoms with Crippen LogP contribution in [0.5, 0.6) is 0 Å². The fraction of sp³-hybridized carbons (Fsp3) is 0.529. The highest BCUT2D eigenvalue weighted by Gasteiger charge is 2.44. The van der Waals surface area contributed by atoms with Gasteiger partial charge in [0.1, 0.15) is 0 Å². The molecule has 1 unspecified atom stereocenters. The topological polar surface area (TPSA) is 59.2 Å². The quantitative estimate of drug-likeness (QED) is 0.917. The number of benzene rings is 1. The van der Waals surface area contributed by atoms with Gasteiger partial charge in [-0.1, -0.05) is 41.9 Å². The molecule has 4 rings (SSSR count). The smallest absolute Gasteiger partial charge is 0.229 e. The van der Waals surface area contributed by atoms with Crippen molar-refractivity contribution in [3.8, 4) is 0 Å². The van der Waals surface area contributed by atoms with Crippen molar-refractivity contribution in [3.05, 3.63) is 47.6 Å². The number of rotatable bonds is 5. The molecule has 21 heavy (non-hydrogen) atoms. The minimum Gasteiger partial charge on any atom is -0.392 e. The number of hydrogen-bond donors (Lipinski definition) is 1. The Bertz CT molecular complexity index is 615. The average molecular weight is 284 g/mol. The van der Waals surface area contributed by atoms with E-state index in [0.29, 0.717) is 18.2 Å². The highest BCUT2D eigenvalue weighted by Crippen LogP contribution is 2.47. The van der Waals surface area contributed by atoms with Crippen LogP contribution in [-0.4, -0.2) is 21.4 Å². The molecule has 1 N–H and O–H groups in total. The number of nitrogens with zero attached hydrogens (tertiary/aromatic N) is 2. The summed E-state index contributed by atoms with van der Waals surface area (Å²) >= 11 is 0. The molecule has 2 saturated carbocycles. The summed E-state index contributed by atoms with van der Waals surface area (Å²) in [5.74, 6) is 1.80. The highest BCUT2D eigenvalue weighted by molar-refractivity contribution is 5.35. The number of aromatic nitrogens is 2. The third-order valence-electron chi connectivity index (χ3n) is 4.98. The molecule has 0 bridgehead atoms. The van der Waals surface area contributed by atoms with Crippen LogP contribution < -0.4 is 0 Å². The molecule has 2 aliphatic carbocycles. The SMILES string of the molecule is OC(Cc1nc(C2(c3ccccc3)CCC2)no1)C1CC1. The lowest BCUT2D eigenvalue weighted by atomic mass is 9.64. The Hall–Kier alpha value is -1.68. The molecule has 0 saturated heterocycles. The van der Waals surface area contributed by atoms with Crippen LogP contribution in [0.4, 0.5) is 0 Å². The van der Waals surface area contributed by atoms with Gasteiger partial charge in [0, 0.05) is 0 Å². The zero-order chi connectivity index (χ0) is 14.3. The van der Waals surface area contributed by atoms with Crippen molar-refractivity contribution < 1.29 is 9.63 Å². The van der Waals surface area contributed by atoms with Crippen molar-refractivity contribution >= 4 is 0 Å². The van der Waals surface area contributed by atoms with E-state index in [0.717, 1.165) is 31.5 Å². The van der Waals surface area contributed by atoms with E-state index in [1.54, 1.807) is 0 Å². The van der Waals surface area contributed by atoms with Gasteiger partial charge in [-0.3, -0.25) is 0 Å².